The van der Waals surface area contributed by atoms with Crippen LogP contribution in [-0.4, -0.2) is 48.6 Å². The Kier molecular flexibility index (Phi) is 8.31. The quantitative estimate of drug-likeness (QED) is 0.418. The molecule has 124 valence electrons. The molecule has 1 saturated heterocycles. The fraction of sp³-hybridized carbons (Fsp3) is 0.938. The maximum atomic E-state index is 4.79. The molecule has 2 rings (SSSR count). The molecule has 0 aromatic carbocycles. The number of guanidine groups is 1. The summed E-state index contributed by atoms with van der Waals surface area (Å²) in [7, 11) is 0. The zero-order valence-electron chi connectivity index (χ0n) is 14.1. The highest BCUT2D eigenvalue weighted by Gasteiger charge is 2.33. The van der Waals surface area contributed by atoms with Crippen LogP contribution in [0.25, 0.3) is 0 Å². The molecule has 21 heavy (non-hydrogen) atoms. The number of likely N-dealkylation sites (tertiary alicyclic amines) is 1. The summed E-state index contributed by atoms with van der Waals surface area (Å²) in [6, 6.07) is 1.89. The van der Waals surface area contributed by atoms with Gasteiger partial charge in [-0.25, -0.2) is 0 Å². The predicted octanol–water partition coefficient (Wildman–Crippen LogP) is 2.83. The highest BCUT2D eigenvalue weighted by Crippen LogP contribution is 2.28. The normalized spacial score (nSPS) is 31.2. The highest BCUT2D eigenvalue weighted by molar-refractivity contribution is 14.0. The molecule has 0 amide bonds. The van der Waals surface area contributed by atoms with Crippen LogP contribution in [-0.2, 0) is 0 Å². The molecule has 4 unspecified atom stereocenters. The van der Waals surface area contributed by atoms with E-state index in [1.165, 1.54) is 32.2 Å². The van der Waals surface area contributed by atoms with Gasteiger partial charge < -0.3 is 10.6 Å². The molecule has 4 nitrogen and oxygen atoms in total. The monoisotopic (exact) mass is 408 g/mol. The van der Waals surface area contributed by atoms with Crippen molar-refractivity contribution in [3.8, 4) is 0 Å². The third-order valence-corrected chi connectivity index (χ3v) is 4.71. The van der Waals surface area contributed by atoms with Gasteiger partial charge in [0.15, 0.2) is 5.96 Å². The van der Waals surface area contributed by atoms with E-state index in [4.69, 9.17) is 4.99 Å². The van der Waals surface area contributed by atoms with Gasteiger partial charge in [0, 0.05) is 24.7 Å². The third kappa shape index (κ3) is 5.93. The molecule has 2 fully saturated rings. The van der Waals surface area contributed by atoms with Crippen molar-refractivity contribution < 1.29 is 0 Å². The summed E-state index contributed by atoms with van der Waals surface area (Å²) in [6.07, 6.45) is 5.35. The number of piperidine rings is 1. The van der Waals surface area contributed by atoms with Crippen molar-refractivity contribution in [1.82, 2.24) is 15.5 Å². The topological polar surface area (TPSA) is 39.7 Å². The van der Waals surface area contributed by atoms with E-state index < -0.39 is 0 Å². The SMILES string of the molecule is CCNC(=NCC(C)N1CCCCC1C)NC1CC1C.I. The maximum Gasteiger partial charge on any atom is 0.191 e. The summed E-state index contributed by atoms with van der Waals surface area (Å²) in [5.41, 5.74) is 0. The average molecular weight is 408 g/mol. The number of aliphatic imine (C=N–C) groups is 1. The Balaban J connectivity index is 0.00000220. The summed E-state index contributed by atoms with van der Waals surface area (Å²) < 4.78 is 0. The molecule has 0 bridgehead atoms. The van der Waals surface area contributed by atoms with E-state index in [-0.39, 0.29) is 24.0 Å². The second kappa shape index (κ2) is 9.18. The molecule has 2 N–H and O–H groups in total. The van der Waals surface area contributed by atoms with Crippen molar-refractivity contribution in [2.75, 3.05) is 19.6 Å². The average Bonchev–Trinajstić information content (AvgIpc) is 3.12. The van der Waals surface area contributed by atoms with Gasteiger partial charge in [0.2, 0.25) is 0 Å². The first-order chi connectivity index (χ1) is 9.61. The van der Waals surface area contributed by atoms with E-state index in [9.17, 15) is 0 Å². The van der Waals surface area contributed by atoms with Gasteiger partial charge in [-0.3, -0.25) is 9.89 Å². The second-order valence-electron chi connectivity index (χ2n) is 6.62. The first kappa shape index (κ1) is 19.0. The van der Waals surface area contributed by atoms with Gasteiger partial charge in [-0.15, -0.1) is 24.0 Å². The number of hydrogen-bond acceptors (Lipinski definition) is 2. The molecule has 1 aliphatic heterocycles. The number of nitrogens with one attached hydrogen (secondary N) is 2. The molecule has 1 aliphatic carbocycles. The van der Waals surface area contributed by atoms with Gasteiger partial charge in [-0.2, -0.15) is 0 Å². The van der Waals surface area contributed by atoms with Crippen LogP contribution in [0, 0.1) is 5.92 Å². The van der Waals surface area contributed by atoms with E-state index >= 15 is 0 Å². The number of halogens is 1. The standard InChI is InChI=1S/C16H32N4.HI/c1-5-17-16(19-15-10-12(15)2)18-11-14(4)20-9-7-6-8-13(20)3;/h12-15H,5-11H2,1-4H3,(H2,17,18,19);1H. The lowest BCUT2D eigenvalue weighted by molar-refractivity contribution is 0.118. The molecule has 5 heteroatoms. The smallest absolute Gasteiger partial charge is 0.191 e. The number of nitrogens with zero attached hydrogens (tertiary/aromatic N) is 2. The largest absolute Gasteiger partial charge is 0.357 e. The molecule has 0 aromatic heterocycles. The van der Waals surface area contributed by atoms with Crippen LogP contribution in [0.1, 0.15) is 53.4 Å². The fourth-order valence-corrected chi connectivity index (χ4v) is 3.12. The molecular formula is C16H33IN4. The first-order valence-electron chi connectivity index (χ1n) is 8.42. The van der Waals surface area contributed by atoms with E-state index in [0.29, 0.717) is 18.1 Å². The Labute approximate surface area is 147 Å². The number of hydrogen-bond donors (Lipinski definition) is 2. The molecule has 2 aliphatic rings. The van der Waals surface area contributed by atoms with Crippen molar-refractivity contribution in [1.29, 1.82) is 0 Å². The predicted molar refractivity (Wildman–Crippen MR) is 102 cm³/mol. The van der Waals surface area contributed by atoms with Crippen LogP contribution < -0.4 is 10.6 Å². The van der Waals surface area contributed by atoms with Gasteiger partial charge in [0.05, 0.1) is 6.54 Å². The van der Waals surface area contributed by atoms with Crippen LogP contribution in [0.2, 0.25) is 0 Å². The first-order valence-corrected chi connectivity index (χ1v) is 8.42. The van der Waals surface area contributed by atoms with Gasteiger partial charge in [-0.1, -0.05) is 13.3 Å². The van der Waals surface area contributed by atoms with Crippen LogP contribution in [0.3, 0.4) is 0 Å². The van der Waals surface area contributed by atoms with Gasteiger partial charge >= 0.3 is 0 Å². The Hall–Kier alpha value is -0.0400. The van der Waals surface area contributed by atoms with Gasteiger partial charge in [0.1, 0.15) is 0 Å². The van der Waals surface area contributed by atoms with E-state index in [1.54, 1.807) is 0 Å². The molecule has 1 heterocycles. The van der Waals surface area contributed by atoms with E-state index in [1.807, 2.05) is 0 Å². The molecular weight excluding hydrogens is 375 g/mol. The van der Waals surface area contributed by atoms with E-state index in [2.05, 4.69) is 43.2 Å². The molecule has 0 spiro atoms. The van der Waals surface area contributed by atoms with Crippen molar-refractivity contribution >= 4 is 29.9 Å². The Bertz CT molecular complexity index is 334. The van der Waals surface area contributed by atoms with Crippen LogP contribution in [0.15, 0.2) is 4.99 Å². The van der Waals surface area contributed by atoms with Crippen molar-refractivity contribution in [2.45, 2.75) is 71.5 Å². The molecule has 4 atom stereocenters. The maximum absolute atomic E-state index is 4.79. The minimum absolute atomic E-state index is 0. The molecule has 0 aromatic rings. The summed E-state index contributed by atoms with van der Waals surface area (Å²) in [5, 5.41) is 6.90. The lowest BCUT2D eigenvalue weighted by atomic mass is 10.0. The highest BCUT2D eigenvalue weighted by atomic mass is 127. The van der Waals surface area contributed by atoms with E-state index in [0.717, 1.165) is 25.0 Å². The van der Waals surface area contributed by atoms with Crippen LogP contribution in [0.5, 0.6) is 0 Å². The summed E-state index contributed by atoms with van der Waals surface area (Å²) in [5.74, 6) is 1.80. The zero-order valence-corrected chi connectivity index (χ0v) is 16.4. The van der Waals surface area contributed by atoms with Gasteiger partial charge in [0.25, 0.3) is 0 Å². The zero-order chi connectivity index (χ0) is 14.5. The van der Waals surface area contributed by atoms with Gasteiger partial charge in [-0.05, 0) is 52.5 Å². The van der Waals surface area contributed by atoms with Crippen molar-refractivity contribution in [2.24, 2.45) is 10.9 Å². The van der Waals surface area contributed by atoms with Crippen molar-refractivity contribution in [3.05, 3.63) is 0 Å². The second-order valence-corrected chi connectivity index (χ2v) is 6.62. The Morgan fingerprint density at radius 1 is 1.33 bits per heavy atom. The minimum Gasteiger partial charge on any atom is -0.357 e. The number of rotatable bonds is 5. The lowest BCUT2D eigenvalue weighted by Gasteiger charge is -2.37. The fourth-order valence-electron chi connectivity index (χ4n) is 3.12. The Morgan fingerprint density at radius 2 is 2.05 bits per heavy atom. The third-order valence-electron chi connectivity index (χ3n) is 4.71. The molecule has 1 saturated carbocycles. The van der Waals surface area contributed by atoms with Crippen molar-refractivity contribution in [3.63, 3.8) is 0 Å². The van der Waals surface area contributed by atoms with Crippen LogP contribution >= 0.6 is 24.0 Å². The summed E-state index contributed by atoms with van der Waals surface area (Å²) in [6.45, 7) is 12.1. The minimum atomic E-state index is 0. The summed E-state index contributed by atoms with van der Waals surface area (Å²) >= 11 is 0. The summed E-state index contributed by atoms with van der Waals surface area (Å²) in [4.78, 5) is 7.41. The molecule has 0 radical (unpaired) electrons. The Morgan fingerprint density at radius 3 is 2.62 bits per heavy atom. The lowest BCUT2D eigenvalue weighted by Crippen LogP contribution is -2.46. The van der Waals surface area contributed by atoms with Crippen LogP contribution in [0.4, 0.5) is 0 Å².